The van der Waals surface area contributed by atoms with E-state index in [9.17, 15) is 4.79 Å². The first-order valence-electron chi connectivity index (χ1n) is 11.4. The van der Waals surface area contributed by atoms with Crippen LogP contribution in [0.3, 0.4) is 0 Å². The van der Waals surface area contributed by atoms with Crippen molar-refractivity contribution < 1.29 is 0 Å². The maximum absolute atomic E-state index is 13.1. The van der Waals surface area contributed by atoms with Gasteiger partial charge in [0, 0.05) is 31.6 Å². The number of rotatable bonds is 5. The molecule has 0 fully saturated rings. The van der Waals surface area contributed by atoms with Gasteiger partial charge in [0.1, 0.15) is 0 Å². The molecule has 1 aliphatic rings. The molecule has 0 radical (unpaired) electrons. The summed E-state index contributed by atoms with van der Waals surface area (Å²) in [6, 6.07) is 23.7. The van der Waals surface area contributed by atoms with E-state index in [1.807, 2.05) is 6.07 Å². The Hall–Kier alpha value is -3.43. The minimum Gasteiger partial charge on any atom is -0.310 e. The van der Waals surface area contributed by atoms with E-state index < -0.39 is 0 Å². The van der Waals surface area contributed by atoms with E-state index in [2.05, 4.69) is 92.6 Å². The predicted molar refractivity (Wildman–Crippen MR) is 144 cm³/mol. The number of anilines is 3. The number of nitrogens with zero attached hydrogens (tertiary/aromatic N) is 1. The highest BCUT2D eigenvalue weighted by Crippen LogP contribution is 2.54. The van der Waals surface area contributed by atoms with Gasteiger partial charge in [0.25, 0.3) is 0 Å². The Balaban J connectivity index is 1.81. The summed E-state index contributed by atoms with van der Waals surface area (Å²) in [6.45, 7) is 12.3. The van der Waals surface area contributed by atoms with Gasteiger partial charge in [-0.05, 0) is 54.3 Å². The van der Waals surface area contributed by atoms with Crippen molar-refractivity contribution in [1.29, 1.82) is 0 Å². The molecule has 0 N–H and O–H groups in total. The molecule has 0 saturated carbocycles. The molecule has 33 heavy (non-hydrogen) atoms. The minimum atomic E-state index is -0.0137. The fourth-order valence-corrected chi connectivity index (χ4v) is 6.47. The molecule has 0 spiro atoms. The average Bonchev–Trinajstić information content (AvgIpc) is 2.87. The Morgan fingerprint density at radius 3 is 2.03 bits per heavy atom. The summed E-state index contributed by atoms with van der Waals surface area (Å²) in [5.74, 6) is 0. The molecule has 0 bridgehead atoms. The van der Waals surface area contributed by atoms with Crippen LogP contribution in [0.15, 0.2) is 84.7 Å². The third kappa shape index (κ3) is 3.03. The second kappa shape index (κ2) is 8.17. The van der Waals surface area contributed by atoms with Crippen LogP contribution in [-0.4, -0.2) is 0 Å². The molecule has 0 saturated heterocycles. The molecule has 5 rings (SSSR count). The first kappa shape index (κ1) is 21.4. The van der Waals surface area contributed by atoms with Gasteiger partial charge in [-0.3, -0.25) is 4.79 Å². The van der Waals surface area contributed by atoms with Crippen LogP contribution in [-0.2, 0) is 5.41 Å². The number of hydrogen-bond acceptors (Lipinski definition) is 3. The summed E-state index contributed by atoms with van der Waals surface area (Å²) in [4.78, 5) is 16.3. The molecule has 1 aromatic heterocycles. The zero-order valence-corrected chi connectivity index (χ0v) is 19.9. The van der Waals surface area contributed by atoms with Crippen LogP contribution in [0.5, 0.6) is 0 Å². The van der Waals surface area contributed by atoms with E-state index in [0.29, 0.717) is 5.56 Å². The first-order chi connectivity index (χ1) is 16.1. The van der Waals surface area contributed by atoms with Gasteiger partial charge in [0.15, 0.2) is 5.43 Å². The molecule has 164 valence electrons. The van der Waals surface area contributed by atoms with Crippen molar-refractivity contribution in [3.8, 4) is 0 Å². The fourth-order valence-electron chi connectivity index (χ4n) is 5.41. The van der Waals surface area contributed by atoms with E-state index in [-0.39, 0.29) is 10.8 Å². The average molecular weight is 450 g/mol. The molecule has 0 amide bonds. The van der Waals surface area contributed by atoms with E-state index >= 15 is 0 Å². The van der Waals surface area contributed by atoms with Crippen LogP contribution >= 0.6 is 11.3 Å². The highest BCUT2D eigenvalue weighted by molar-refractivity contribution is 7.19. The van der Waals surface area contributed by atoms with Gasteiger partial charge in [-0.15, -0.1) is 11.3 Å². The van der Waals surface area contributed by atoms with Gasteiger partial charge in [-0.25, -0.2) is 0 Å². The lowest BCUT2D eigenvalue weighted by molar-refractivity contribution is 0.474. The molecule has 0 atom stereocenters. The van der Waals surface area contributed by atoms with Crippen molar-refractivity contribution in [1.82, 2.24) is 0 Å². The summed E-state index contributed by atoms with van der Waals surface area (Å²) >= 11 is 1.59. The third-order valence-corrected chi connectivity index (χ3v) is 8.28. The van der Waals surface area contributed by atoms with Crippen LogP contribution in [0.2, 0.25) is 0 Å². The Morgan fingerprint density at radius 1 is 0.879 bits per heavy atom. The number of hydrogen-bond donors (Lipinski definition) is 0. The molecule has 4 aromatic rings. The molecule has 1 aliphatic heterocycles. The van der Waals surface area contributed by atoms with Crippen molar-refractivity contribution in [3.63, 3.8) is 0 Å². The molecule has 3 heteroatoms. The van der Waals surface area contributed by atoms with E-state index in [1.54, 1.807) is 23.5 Å². The molecule has 2 heterocycles. The number of benzene rings is 3. The lowest BCUT2D eigenvalue weighted by atomic mass is 9.67. The Morgan fingerprint density at radius 2 is 1.48 bits per heavy atom. The highest BCUT2D eigenvalue weighted by atomic mass is 32.1. The highest BCUT2D eigenvalue weighted by Gasteiger charge is 2.40. The SMILES string of the molecule is C=Cc1sc2cc(N3c4ccccc4C(CC)(CC)c4ccccc43)ccc2c(=O)c1C=C. The van der Waals surface area contributed by atoms with Crippen molar-refractivity contribution in [3.05, 3.63) is 112 Å². The Labute approximate surface area is 199 Å². The molecule has 0 aliphatic carbocycles. The second-order valence-electron chi connectivity index (χ2n) is 8.46. The molecular formula is C30H27NOS. The third-order valence-electron chi connectivity index (χ3n) is 7.12. The first-order valence-corrected chi connectivity index (χ1v) is 12.3. The summed E-state index contributed by atoms with van der Waals surface area (Å²) in [5, 5.41) is 0.722. The molecule has 0 unspecified atom stereocenters. The maximum Gasteiger partial charge on any atom is 0.195 e. The lowest BCUT2D eigenvalue weighted by Gasteiger charge is -2.45. The van der Waals surface area contributed by atoms with Crippen LogP contribution in [0.4, 0.5) is 17.1 Å². The van der Waals surface area contributed by atoms with Gasteiger partial charge in [-0.1, -0.05) is 75.6 Å². The minimum absolute atomic E-state index is 0.00984. The summed E-state index contributed by atoms with van der Waals surface area (Å²) in [7, 11) is 0. The summed E-state index contributed by atoms with van der Waals surface area (Å²) < 4.78 is 0.954. The van der Waals surface area contributed by atoms with E-state index in [1.165, 1.54) is 22.5 Å². The van der Waals surface area contributed by atoms with E-state index in [0.717, 1.165) is 33.5 Å². The van der Waals surface area contributed by atoms with Crippen molar-refractivity contribution in [2.24, 2.45) is 0 Å². The van der Waals surface area contributed by atoms with Gasteiger partial charge < -0.3 is 4.90 Å². The van der Waals surface area contributed by atoms with Crippen LogP contribution in [0, 0.1) is 0 Å². The van der Waals surface area contributed by atoms with Crippen LogP contribution < -0.4 is 10.3 Å². The lowest BCUT2D eigenvalue weighted by Crippen LogP contribution is -2.34. The number of fused-ring (bicyclic) bond motifs is 3. The van der Waals surface area contributed by atoms with Crippen molar-refractivity contribution in [2.75, 3.05) is 4.90 Å². The zero-order valence-electron chi connectivity index (χ0n) is 19.1. The summed E-state index contributed by atoms with van der Waals surface area (Å²) in [5.41, 5.74) is 6.80. The van der Waals surface area contributed by atoms with E-state index in [4.69, 9.17) is 0 Å². The monoisotopic (exact) mass is 449 g/mol. The van der Waals surface area contributed by atoms with Gasteiger partial charge in [0.05, 0.1) is 11.4 Å². The largest absolute Gasteiger partial charge is 0.310 e. The van der Waals surface area contributed by atoms with Crippen molar-refractivity contribution in [2.45, 2.75) is 32.1 Å². The Kier molecular flexibility index (Phi) is 5.30. The number of para-hydroxylation sites is 2. The smallest absolute Gasteiger partial charge is 0.195 e. The second-order valence-corrected chi connectivity index (χ2v) is 9.54. The summed E-state index contributed by atoms with van der Waals surface area (Å²) in [6.07, 6.45) is 5.46. The van der Waals surface area contributed by atoms with Gasteiger partial charge >= 0.3 is 0 Å². The maximum atomic E-state index is 13.1. The fraction of sp³-hybridized carbons (Fsp3) is 0.167. The van der Waals surface area contributed by atoms with Gasteiger partial charge in [0.2, 0.25) is 0 Å². The van der Waals surface area contributed by atoms with Gasteiger partial charge in [-0.2, -0.15) is 0 Å². The van der Waals surface area contributed by atoms with Crippen LogP contribution in [0.25, 0.3) is 22.2 Å². The quantitative estimate of drug-likeness (QED) is 0.305. The molecular weight excluding hydrogens is 422 g/mol. The molecule has 3 aromatic carbocycles. The zero-order chi connectivity index (χ0) is 23.2. The predicted octanol–water partition coefficient (Wildman–Crippen LogP) is 8.44. The topological polar surface area (TPSA) is 20.3 Å². The normalized spacial score (nSPS) is 13.9. The molecule has 2 nitrogen and oxygen atoms in total. The van der Waals surface area contributed by atoms with Crippen LogP contribution in [0.1, 0.15) is 48.3 Å². The Bertz CT molecular complexity index is 1410. The standard InChI is InChI=1S/C30H27NOS/c1-5-21-27(6-2)33-28-19-20(17-18-22(28)29(21)32)31-25-15-11-9-13-23(25)30(7-3,8-4)24-14-10-12-16-26(24)31/h5-6,9-19H,1-2,7-8H2,3-4H3. The van der Waals surface area contributed by atoms with Crippen molar-refractivity contribution >= 4 is 50.6 Å².